The van der Waals surface area contributed by atoms with Crippen molar-refractivity contribution >= 4 is 50.4 Å². The van der Waals surface area contributed by atoms with Crippen LogP contribution >= 0.6 is 27.7 Å². The van der Waals surface area contributed by atoms with Crippen LogP contribution in [0.15, 0.2) is 16.6 Å². The molecule has 0 saturated carbocycles. The molecule has 1 aromatic rings. The third kappa shape index (κ3) is 6.85. The van der Waals surface area contributed by atoms with Crippen LogP contribution in [0.3, 0.4) is 0 Å². The first kappa shape index (κ1) is 25.7. The van der Waals surface area contributed by atoms with Crippen molar-refractivity contribution < 1.29 is 19.1 Å². The Balaban J connectivity index is 3.12. The van der Waals surface area contributed by atoms with Gasteiger partial charge in [-0.25, -0.2) is 4.79 Å². The molecule has 5 nitrogen and oxygen atoms in total. The molecule has 29 heavy (non-hydrogen) atoms. The minimum atomic E-state index is -0.794. The lowest BCUT2D eigenvalue weighted by Crippen LogP contribution is -2.46. The van der Waals surface area contributed by atoms with Crippen molar-refractivity contribution in [2.75, 3.05) is 17.8 Å². The second kappa shape index (κ2) is 12.4. The Morgan fingerprint density at radius 2 is 1.86 bits per heavy atom. The number of hydrogen-bond donors (Lipinski definition) is 0. The second-order valence-corrected chi connectivity index (χ2v) is 8.99. The fraction of sp³-hybridized carbons (Fsp3) is 0.591. The first-order valence-electron chi connectivity index (χ1n) is 10.0. The molecule has 0 saturated heterocycles. The summed E-state index contributed by atoms with van der Waals surface area (Å²) in [5.74, 6) is -0.818. The predicted molar refractivity (Wildman–Crippen MR) is 123 cm³/mol. The number of amides is 1. The molecule has 7 heteroatoms. The maximum absolute atomic E-state index is 13.2. The van der Waals surface area contributed by atoms with Crippen LogP contribution in [0.5, 0.6) is 0 Å². The Morgan fingerprint density at radius 3 is 2.41 bits per heavy atom. The van der Waals surface area contributed by atoms with E-state index in [4.69, 9.17) is 4.74 Å². The number of benzene rings is 1. The topological polar surface area (TPSA) is 63.7 Å². The van der Waals surface area contributed by atoms with Crippen molar-refractivity contribution in [3.8, 4) is 0 Å². The van der Waals surface area contributed by atoms with Crippen LogP contribution in [-0.4, -0.2) is 35.9 Å². The summed E-state index contributed by atoms with van der Waals surface area (Å²) in [5, 5.41) is 0.0441. The summed E-state index contributed by atoms with van der Waals surface area (Å²) in [6.07, 6.45) is 3.66. The van der Waals surface area contributed by atoms with Crippen molar-refractivity contribution in [1.82, 2.24) is 0 Å². The molecule has 0 aliphatic carbocycles. The van der Waals surface area contributed by atoms with Crippen molar-refractivity contribution in [2.24, 2.45) is 5.92 Å². The predicted octanol–water partition coefficient (Wildman–Crippen LogP) is 5.44. The number of rotatable bonds is 10. The number of ether oxygens (including phenoxy) is 1. The van der Waals surface area contributed by atoms with Crippen LogP contribution in [0.25, 0.3) is 0 Å². The molecule has 0 fully saturated rings. The summed E-state index contributed by atoms with van der Waals surface area (Å²) < 4.78 is 5.73. The van der Waals surface area contributed by atoms with Crippen LogP contribution in [-0.2, 0) is 19.1 Å². The normalized spacial score (nSPS) is 12.9. The molecule has 0 bridgehead atoms. The van der Waals surface area contributed by atoms with E-state index in [1.807, 2.05) is 32.9 Å². The number of hydrogen-bond acceptors (Lipinski definition) is 5. The Morgan fingerprint density at radius 1 is 1.21 bits per heavy atom. The number of unbranched alkanes of at least 4 members (excludes halogenated alkanes) is 1. The van der Waals surface area contributed by atoms with Crippen LogP contribution < -0.4 is 4.90 Å². The molecule has 2 unspecified atom stereocenters. The molecule has 2 atom stereocenters. The van der Waals surface area contributed by atoms with Gasteiger partial charge in [0.05, 0.1) is 18.6 Å². The van der Waals surface area contributed by atoms with Crippen molar-refractivity contribution in [2.45, 2.75) is 66.3 Å². The number of thioether (sulfide) groups is 1. The largest absolute Gasteiger partial charge is 0.467 e. The van der Waals surface area contributed by atoms with Crippen molar-refractivity contribution in [1.29, 1.82) is 0 Å². The van der Waals surface area contributed by atoms with Gasteiger partial charge in [-0.1, -0.05) is 60.4 Å². The molecule has 0 radical (unpaired) electrons. The molecule has 0 aliphatic heterocycles. The Kier molecular flexibility index (Phi) is 11.0. The lowest BCUT2D eigenvalue weighted by atomic mass is 10.0. The molecule has 0 heterocycles. The monoisotopic (exact) mass is 485 g/mol. The van der Waals surface area contributed by atoms with Crippen molar-refractivity contribution in [3.63, 3.8) is 0 Å². The number of carbonyl (C=O) groups excluding carboxylic acids is 3. The highest BCUT2D eigenvalue weighted by Crippen LogP contribution is 2.33. The zero-order valence-electron chi connectivity index (χ0n) is 18.2. The molecule has 0 N–H and O–H groups in total. The minimum absolute atomic E-state index is 0.00577. The highest BCUT2D eigenvalue weighted by molar-refractivity contribution is 9.10. The number of esters is 1. The lowest BCUT2D eigenvalue weighted by molar-refractivity contribution is -0.142. The fourth-order valence-corrected chi connectivity index (χ4v) is 4.50. The highest BCUT2D eigenvalue weighted by Gasteiger charge is 2.31. The summed E-state index contributed by atoms with van der Waals surface area (Å²) in [5.41, 5.74) is 2.41. The zero-order valence-corrected chi connectivity index (χ0v) is 20.6. The van der Waals surface area contributed by atoms with Gasteiger partial charge in [0.25, 0.3) is 0 Å². The summed E-state index contributed by atoms with van der Waals surface area (Å²) in [7, 11) is 1.31. The molecule has 0 spiro atoms. The first-order chi connectivity index (χ1) is 13.7. The average Bonchev–Trinajstić information content (AvgIpc) is 2.71. The SMILES string of the molecule is CCCCC(CC)C(=O)SCC(=O)N(c1c(C)ccc(Br)c1C)C(C)C(=O)OC. The van der Waals surface area contributed by atoms with Crippen LogP contribution in [0.2, 0.25) is 0 Å². The molecule has 1 aromatic carbocycles. The fourth-order valence-electron chi connectivity index (χ4n) is 3.25. The lowest BCUT2D eigenvalue weighted by Gasteiger charge is -2.30. The van der Waals surface area contributed by atoms with E-state index in [2.05, 4.69) is 22.9 Å². The number of carbonyl (C=O) groups is 3. The van der Waals surface area contributed by atoms with E-state index in [1.165, 1.54) is 12.0 Å². The smallest absolute Gasteiger partial charge is 0.328 e. The molecule has 0 aromatic heterocycles. The molecule has 0 aliphatic rings. The van der Waals surface area contributed by atoms with Crippen LogP contribution in [0, 0.1) is 19.8 Å². The highest BCUT2D eigenvalue weighted by atomic mass is 79.9. The number of methoxy groups -OCH3 is 1. The van der Waals surface area contributed by atoms with E-state index in [-0.39, 0.29) is 22.7 Å². The quantitative estimate of drug-likeness (QED) is 0.413. The van der Waals surface area contributed by atoms with E-state index >= 15 is 0 Å². The van der Waals surface area contributed by atoms with E-state index in [1.54, 1.807) is 6.92 Å². The molecular weight excluding hydrogens is 454 g/mol. The summed E-state index contributed by atoms with van der Waals surface area (Å²) >= 11 is 4.55. The standard InChI is InChI=1S/C22H32BrNO4S/c1-7-9-10-17(8-2)22(27)29-13-19(25)24(16(5)21(26)28-6)20-14(3)11-12-18(23)15(20)4/h11-12,16-17H,7-10,13H2,1-6H3. The van der Waals surface area contributed by atoms with Crippen LogP contribution in [0.4, 0.5) is 5.69 Å². The van der Waals surface area contributed by atoms with Gasteiger partial charge in [0, 0.05) is 10.4 Å². The summed E-state index contributed by atoms with van der Waals surface area (Å²) in [6, 6.07) is 3.02. The van der Waals surface area contributed by atoms with Gasteiger partial charge in [0.15, 0.2) is 5.12 Å². The molecular formula is C22H32BrNO4S. The number of halogens is 1. The molecule has 1 rings (SSSR count). The van der Waals surface area contributed by atoms with Gasteiger partial charge in [0.2, 0.25) is 5.91 Å². The summed E-state index contributed by atoms with van der Waals surface area (Å²) in [6.45, 7) is 9.54. The molecule has 1 amide bonds. The first-order valence-corrected chi connectivity index (χ1v) is 11.8. The third-order valence-corrected chi connectivity index (χ3v) is 6.94. The average molecular weight is 486 g/mol. The number of nitrogens with zero attached hydrogens (tertiary/aromatic N) is 1. The number of aryl methyl sites for hydroxylation is 1. The van der Waals surface area contributed by atoms with E-state index in [0.717, 1.165) is 53.0 Å². The minimum Gasteiger partial charge on any atom is -0.467 e. The van der Waals surface area contributed by atoms with Gasteiger partial charge in [-0.3, -0.25) is 14.5 Å². The van der Waals surface area contributed by atoms with Gasteiger partial charge in [-0.2, -0.15) is 0 Å². The van der Waals surface area contributed by atoms with E-state index in [0.29, 0.717) is 5.69 Å². The van der Waals surface area contributed by atoms with Gasteiger partial charge >= 0.3 is 5.97 Å². The Bertz CT molecular complexity index is 738. The van der Waals surface area contributed by atoms with E-state index < -0.39 is 12.0 Å². The third-order valence-electron chi connectivity index (χ3n) is 5.08. The second-order valence-electron chi connectivity index (χ2n) is 7.16. The van der Waals surface area contributed by atoms with Gasteiger partial charge in [-0.15, -0.1) is 0 Å². The Labute approximate surface area is 187 Å². The van der Waals surface area contributed by atoms with Gasteiger partial charge in [-0.05, 0) is 50.8 Å². The maximum atomic E-state index is 13.2. The number of anilines is 1. The van der Waals surface area contributed by atoms with Crippen molar-refractivity contribution in [3.05, 3.63) is 27.7 Å². The Hall–Kier alpha value is -1.34. The summed E-state index contributed by atoms with van der Waals surface area (Å²) in [4.78, 5) is 39.5. The van der Waals surface area contributed by atoms with Crippen LogP contribution in [0.1, 0.15) is 57.6 Å². The maximum Gasteiger partial charge on any atom is 0.328 e. The van der Waals surface area contributed by atoms with E-state index in [9.17, 15) is 14.4 Å². The van der Waals surface area contributed by atoms with Gasteiger partial charge < -0.3 is 4.74 Å². The van der Waals surface area contributed by atoms with Gasteiger partial charge in [0.1, 0.15) is 6.04 Å². The zero-order chi connectivity index (χ0) is 22.1. The molecule has 162 valence electrons.